The first-order valence-electron chi connectivity index (χ1n) is 8.55. The van der Waals surface area contributed by atoms with Crippen molar-refractivity contribution >= 4 is 49.8 Å². The van der Waals surface area contributed by atoms with Gasteiger partial charge in [0.05, 0.1) is 17.2 Å². The molecule has 1 N–H and O–H groups in total. The predicted molar refractivity (Wildman–Crippen MR) is 117 cm³/mol. The summed E-state index contributed by atoms with van der Waals surface area (Å²) in [6, 6.07) is 14.2. The molecule has 3 rings (SSSR count). The molecule has 0 fully saturated rings. The highest BCUT2D eigenvalue weighted by Gasteiger charge is 2.25. The standard InChI is InChI=1S/C20H21N3O3S2/c1-13-17-7-5-6-8-18(17)21-20(23(13)3)27-14(2)19(24)15-9-11-16(12-10-15)22-28(4,25)26/h5-12,14,22H,1H2,2-4H3/t14-/m0/s1. The van der Waals surface area contributed by atoms with Crippen LogP contribution in [0.1, 0.15) is 22.8 Å². The molecular weight excluding hydrogens is 394 g/mol. The molecule has 8 heteroatoms. The molecule has 28 heavy (non-hydrogen) atoms. The third-order valence-corrected chi connectivity index (χ3v) is 6.00. The van der Waals surface area contributed by atoms with Gasteiger partial charge < -0.3 is 4.90 Å². The fraction of sp³-hybridized carbons (Fsp3) is 0.200. The minimum absolute atomic E-state index is 0.0588. The van der Waals surface area contributed by atoms with E-state index in [4.69, 9.17) is 0 Å². The number of rotatable bonds is 5. The predicted octanol–water partition coefficient (Wildman–Crippen LogP) is 3.97. The van der Waals surface area contributed by atoms with Crippen molar-refractivity contribution in [1.29, 1.82) is 0 Å². The van der Waals surface area contributed by atoms with Gasteiger partial charge in [-0.15, -0.1) is 0 Å². The lowest BCUT2D eigenvalue weighted by atomic mass is 10.1. The number of para-hydroxylation sites is 1. The molecule has 1 aliphatic rings. The Bertz CT molecular complexity index is 1060. The number of sulfonamides is 1. The van der Waals surface area contributed by atoms with Crippen LogP contribution < -0.4 is 4.72 Å². The van der Waals surface area contributed by atoms with Gasteiger partial charge in [0, 0.05) is 29.6 Å². The van der Waals surface area contributed by atoms with Gasteiger partial charge in [0.1, 0.15) is 0 Å². The highest BCUT2D eigenvalue weighted by atomic mass is 32.2. The molecule has 0 amide bonds. The van der Waals surface area contributed by atoms with Gasteiger partial charge in [-0.05, 0) is 37.3 Å². The number of aliphatic imine (C=N–C) groups is 1. The van der Waals surface area contributed by atoms with Gasteiger partial charge in [-0.3, -0.25) is 9.52 Å². The summed E-state index contributed by atoms with van der Waals surface area (Å²) in [7, 11) is -1.47. The molecule has 2 aromatic rings. The van der Waals surface area contributed by atoms with Gasteiger partial charge in [-0.25, -0.2) is 13.4 Å². The van der Waals surface area contributed by atoms with Gasteiger partial charge in [0.15, 0.2) is 11.0 Å². The van der Waals surface area contributed by atoms with Crippen molar-refractivity contribution < 1.29 is 13.2 Å². The molecule has 0 saturated heterocycles. The van der Waals surface area contributed by atoms with Gasteiger partial charge >= 0.3 is 0 Å². The highest BCUT2D eigenvalue weighted by molar-refractivity contribution is 8.14. The highest BCUT2D eigenvalue weighted by Crippen LogP contribution is 2.35. The Balaban J connectivity index is 1.76. The van der Waals surface area contributed by atoms with E-state index in [1.54, 1.807) is 24.3 Å². The molecule has 0 aliphatic carbocycles. The molecule has 1 aliphatic heterocycles. The van der Waals surface area contributed by atoms with Crippen LogP contribution >= 0.6 is 11.8 Å². The lowest BCUT2D eigenvalue weighted by Crippen LogP contribution is -2.28. The van der Waals surface area contributed by atoms with E-state index in [2.05, 4.69) is 16.3 Å². The first kappa shape index (κ1) is 20.2. The Morgan fingerprint density at radius 2 is 1.82 bits per heavy atom. The van der Waals surface area contributed by atoms with Crippen LogP contribution in [0.15, 0.2) is 60.1 Å². The van der Waals surface area contributed by atoms with Crippen molar-refractivity contribution in [2.45, 2.75) is 12.2 Å². The third kappa shape index (κ3) is 4.45. The number of ketones is 1. The molecule has 0 saturated carbocycles. The monoisotopic (exact) mass is 415 g/mol. The molecule has 0 bridgehead atoms. The number of nitrogens with zero attached hydrogens (tertiary/aromatic N) is 2. The number of nitrogens with one attached hydrogen (secondary N) is 1. The zero-order chi connectivity index (χ0) is 20.5. The van der Waals surface area contributed by atoms with Gasteiger partial charge in [0.25, 0.3) is 0 Å². The molecule has 1 atom stereocenters. The number of hydrogen-bond acceptors (Lipinski definition) is 6. The zero-order valence-corrected chi connectivity index (χ0v) is 17.5. The normalized spacial score (nSPS) is 14.9. The molecular formula is C20H21N3O3S2. The number of fused-ring (bicyclic) bond motifs is 1. The van der Waals surface area contributed by atoms with E-state index in [0.717, 1.165) is 23.2 Å². The topological polar surface area (TPSA) is 78.8 Å². The van der Waals surface area contributed by atoms with E-state index in [-0.39, 0.29) is 11.0 Å². The quantitative estimate of drug-likeness (QED) is 0.748. The number of hydrogen-bond donors (Lipinski definition) is 1. The second kappa shape index (κ2) is 7.81. The molecule has 1 heterocycles. The summed E-state index contributed by atoms with van der Waals surface area (Å²) < 4.78 is 25.0. The number of benzene rings is 2. The molecule has 0 radical (unpaired) electrons. The first-order chi connectivity index (χ1) is 13.2. The first-order valence-corrected chi connectivity index (χ1v) is 11.3. The minimum atomic E-state index is -3.35. The average Bonchev–Trinajstić information content (AvgIpc) is 2.64. The van der Waals surface area contributed by atoms with Crippen molar-refractivity contribution in [2.24, 2.45) is 4.99 Å². The van der Waals surface area contributed by atoms with Crippen LogP contribution in [0.5, 0.6) is 0 Å². The van der Waals surface area contributed by atoms with Crippen LogP contribution in [0.3, 0.4) is 0 Å². The van der Waals surface area contributed by atoms with Crippen LogP contribution in [-0.2, 0) is 10.0 Å². The molecule has 0 spiro atoms. The van der Waals surface area contributed by atoms with Crippen LogP contribution in [0.4, 0.5) is 11.4 Å². The molecule has 6 nitrogen and oxygen atoms in total. The average molecular weight is 416 g/mol. The summed E-state index contributed by atoms with van der Waals surface area (Å²) in [5.74, 6) is -0.0588. The summed E-state index contributed by atoms with van der Waals surface area (Å²) >= 11 is 1.37. The number of amidine groups is 1. The van der Waals surface area contributed by atoms with Crippen molar-refractivity contribution in [2.75, 3.05) is 18.0 Å². The lowest BCUT2D eigenvalue weighted by Gasteiger charge is -2.29. The summed E-state index contributed by atoms with van der Waals surface area (Å²) in [6.45, 7) is 5.96. The van der Waals surface area contributed by atoms with Crippen LogP contribution in [0.25, 0.3) is 5.70 Å². The Labute approximate surface area is 169 Å². The van der Waals surface area contributed by atoms with Crippen LogP contribution in [0.2, 0.25) is 0 Å². The van der Waals surface area contributed by atoms with E-state index in [9.17, 15) is 13.2 Å². The van der Waals surface area contributed by atoms with E-state index >= 15 is 0 Å². The zero-order valence-electron chi connectivity index (χ0n) is 15.8. The number of anilines is 1. The second-order valence-electron chi connectivity index (χ2n) is 6.49. The van der Waals surface area contributed by atoms with Crippen molar-refractivity contribution in [3.05, 3.63) is 66.2 Å². The molecule has 146 valence electrons. The Morgan fingerprint density at radius 1 is 1.18 bits per heavy atom. The van der Waals surface area contributed by atoms with Crippen molar-refractivity contribution in [3.8, 4) is 0 Å². The van der Waals surface area contributed by atoms with Crippen LogP contribution in [0, 0.1) is 0 Å². The van der Waals surface area contributed by atoms with E-state index < -0.39 is 10.0 Å². The molecule has 2 aromatic carbocycles. The summed E-state index contributed by atoms with van der Waals surface area (Å²) in [4.78, 5) is 19.3. The SMILES string of the molecule is C=C1c2ccccc2N=C(S[C@@H](C)C(=O)c2ccc(NS(C)(=O)=O)cc2)N1C. The summed E-state index contributed by atoms with van der Waals surface area (Å²) in [5, 5.41) is 0.341. The maximum absolute atomic E-state index is 12.8. The molecule has 0 unspecified atom stereocenters. The van der Waals surface area contributed by atoms with Crippen molar-refractivity contribution in [1.82, 2.24) is 4.90 Å². The molecule has 0 aromatic heterocycles. The smallest absolute Gasteiger partial charge is 0.229 e. The maximum Gasteiger partial charge on any atom is 0.229 e. The Hall–Kier alpha value is -2.58. The van der Waals surface area contributed by atoms with Gasteiger partial charge in [-0.2, -0.15) is 0 Å². The van der Waals surface area contributed by atoms with Gasteiger partial charge in [0.2, 0.25) is 10.0 Å². The fourth-order valence-corrected chi connectivity index (χ4v) is 4.30. The van der Waals surface area contributed by atoms with E-state index in [1.807, 2.05) is 43.1 Å². The summed E-state index contributed by atoms with van der Waals surface area (Å²) in [6.07, 6.45) is 1.08. The number of carbonyl (C=O) groups excluding carboxylic acids is 1. The number of Topliss-reactive ketones (excluding diaryl/α,β-unsaturated/α-hetero) is 1. The third-order valence-electron chi connectivity index (χ3n) is 4.25. The second-order valence-corrected chi connectivity index (χ2v) is 9.55. The Morgan fingerprint density at radius 3 is 2.46 bits per heavy atom. The maximum atomic E-state index is 12.8. The lowest BCUT2D eigenvalue weighted by molar-refractivity contribution is 0.0994. The van der Waals surface area contributed by atoms with E-state index in [0.29, 0.717) is 16.4 Å². The van der Waals surface area contributed by atoms with Gasteiger partial charge in [-0.1, -0.05) is 36.5 Å². The number of thioether (sulfide) groups is 1. The minimum Gasteiger partial charge on any atom is -0.324 e. The fourth-order valence-electron chi connectivity index (χ4n) is 2.76. The summed E-state index contributed by atoms with van der Waals surface area (Å²) in [5.41, 5.74) is 3.58. The Kier molecular flexibility index (Phi) is 5.62. The number of carbonyl (C=O) groups is 1. The van der Waals surface area contributed by atoms with E-state index in [1.165, 1.54) is 11.8 Å². The van der Waals surface area contributed by atoms with Crippen molar-refractivity contribution in [3.63, 3.8) is 0 Å². The van der Waals surface area contributed by atoms with Crippen LogP contribution in [-0.4, -0.2) is 42.8 Å². The largest absolute Gasteiger partial charge is 0.324 e.